The van der Waals surface area contributed by atoms with Crippen molar-refractivity contribution in [2.75, 3.05) is 18.1 Å². The number of nitrogens with one attached hydrogen (secondary N) is 1. The summed E-state index contributed by atoms with van der Waals surface area (Å²) in [7, 11) is 0. The van der Waals surface area contributed by atoms with Gasteiger partial charge in [-0.25, -0.2) is 0 Å². The minimum Gasteiger partial charge on any atom is -0.394 e. The number of amides is 1. The second-order valence-corrected chi connectivity index (χ2v) is 4.38. The largest absolute Gasteiger partial charge is 0.394 e. The summed E-state index contributed by atoms with van der Waals surface area (Å²) >= 11 is 0. The van der Waals surface area contributed by atoms with Crippen molar-refractivity contribution >= 4 is 11.6 Å². The molecule has 1 aliphatic heterocycles. The lowest BCUT2D eigenvalue weighted by atomic mass is 10.1. The Hall–Kier alpha value is -1.90. The maximum absolute atomic E-state index is 12.2. The number of nitriles is 1. The number of carbonyl (C=O) groups excluding carboxylic acids is 1. The third kappa shape index (κ3) is 2.21. The average molecular weight is 245 g/mol. The minimum atomic E-state index is -0.597. The number of hydrogen-bond donors (Lipinski definition) is 2. The Balaban J connectivity index is 2.37. The fourth-order valence-corrected chi connectivity index (χ4v) is 2.17. The van der Waals surface area contributed by atoms with Crippen LogP contribution in [0.1, 0.15) is 12.5 Å². The van der Waals surface area contributed by atoms with Crippen molar-refractivity contribution in [1.82, 2.24) is 5.32 Å². The molecule has 1 saturated heterocycles. The molecule has 0 radical (unpaired) electrons. The summed E-state index contributed by atoms with van der Waals surface area (Å²) in [6, 6.07) is 8.56. The van der Waals surface area contributed by atoms with Gasteiger partial charge in [0, 0.05) is 12.6 Å². The Morgan fingerprint density at radius 1 is 1.56 bits per heavy atom. The van der Waals surface area contributed by atoms with Crippen LogP contribution in [0.15, 0.2) is 24.3 Å². The van der Waals surface area contributed by atoms with Crippen LogP contribution in [0.3, 0.4) is 0 Å². The number of rotatable bonds is 2. The third-order valence-electron chi connectivity index (χ3n) is 3.00. The molecule has 0 bridgehead atoms. The molecule has 2 N–H and O–H groups in total. The summed E-state index contributed by atoms with van der Waals surface area (Å²) in [4.78, 5) is 13.7. The van der Waals surface area contributed by atoms with E-state index in [-0.39, 0.29) is 18.6 Å². The molecule has 1 heterocycles. The van der Waals surface area contributed by atoms with Crippen LogP contribution in [0, 0.1) is 11.3 Å². The standard InChI is InChI=1S/C13H15N3O2/c1-9-7-16(13(18)11(8-17)15-9)12-5-3-2-4-10(12)6-14/h2-5,9,11,15,17H,7-8H2,1H3. The number of anilines is 1. The Kier molecular flexibility index (Phi) is 3.60. The zero-order valence-electron chi connectivity index (χ0n) is 10.1. The van der Waals surface area contributed by atoms with E-state index in [1.807, 2.05) is 6.92 Å². The smallest absolute Gasteiger partial charge is 0.246 e. The first kappa shape index (κ1) is 12.6. The lowest BCUT2D eigenvalue weighted by Gasteiger charge is -2.36. The molecule has 2 rings (SSSR count). The van der Waals surface area contributed by atoms with E-state index in [2.05, 4.69) is 11.4 Å². The maximum atomic E-state index is 12.2. The molecule has 5 heteroatoms. The molecule has 0 spiro atoms. The normalized spacial score (nSPS) is 23.8. The van der Waals surface area contributed by atoms with Gasteiger partial charge in [-0.05, 0) is 19.1 Å². The zero-order chi connectivity index (χ0) is 13.1. The van der Waals surface area contributed by atoms with Crippen LogP contribution in [0.25, 0.3) is 0 Å². The minimum absolute atomic E-state index is 0.0756. The van der Waals surface area contributed by atoms with E-state index < -0.39 is 6.04 Å². The summed E-state index contributed by atoms with van der Waals surface area (Å²) in [6.07, 6.45) is 0. The number of carbonyl (C=O) groups is 1. The van der Waals surface area contributed by atoms with Crippen LogP contribution in [0.4, 0.5) is 5.69 Å². The summed E-state index contributed by atoms with van der Waals surface area (Å²) in [5.41, 5.74) is 1.08. The molecule has 5 nitrogen and oxygen atoms in total. The number of hydrogen-bond acceptors (Lipinski definition) is 4. The Bertz CT molecular complexity index is 495. The molecule has 0 saturated carbocycles. The highest BCUT2D eigenvalue weighted by Gasteiger charge is 2.33. The van der Waals surface area contributed by atoms with E-state index in [4.69, 9.17) is 5.26 Å². The molecule has 18 heavy (non-hydrogen) atoms. The highest BCUT2D eigenvalue weighted by atomic mass is 16.3. The highest BCUT2D eigenvalue weighted by molar-refractivity contribution is 5.99. The van der Waals surface area contributed by atoms with Crippen LogP contribution >= 0.6 is 0 Å². The van der Waals surface area contributed by atoms with Gasteiger partial charge >= 0.3 is 0 Å². The first-order valence-electron chi connectivity index (χ1n) is 5.84. The van der Waals surface area contributed by atoms with E-state index in [1.165, 1.54) is 0 Å². The summed E-state index contributed by atoms with van der Waals surface area (Å²) in [6.45, 7) is 2.19. The van der Waals surface area contributed by atoms with Gasteiger partial charge in [-0.15, -0.1) is 0 Å². The van der Waals surface area contributed by atoms with Crippen molar-refractivity contribution in [2.45, 2.75) is 19.0 Å². The number of nitrogens with zero attached hydrogens (tertiary/aromatic N) is 2. The van der Waals surface area contributed by atoms with Crippen LogP contribution in [-0.4, -0.2) is 36.2 Å². The van der Waals surface area contributed by atoms with E-state index in [9.17, 15) is 9.90 Å². The van der Waals surface area contributed by atoms with Crippen molar-refractivity contribution in [3.8, 4) is 6.07 Å². The molecule has 1 aromatic carbocycles. The van der Waals surface area contributed by atoms with Crippen molar-refractivity contribution in [2.24, 2.45) is 0 Å². The van der Waals surface area contributed by atoms with Gasteiger partial charge in [0.05, 0.1) is 17.9 Å². The number of aliphatic hydroxyl groups is 1. The second-order valence-electron chi connectivity index (χ2n) is 4.38. The number of aliphatic hydroxyl groups excluding tert-OH is 1. The third-order valence-corrected chi connectivity index (χ3v) is 3.00. The van der Waals surface area contributed by atoms with Crippen LogP contribution in [-0.2, 0) is 4.79 Å². The lowest BCUT2D eigenvalue weighted by Crippen LogP contribution is -2.60. The Morgan fingerprint density at radius 2 is 2.28 bits per heavy atom. The van der Waals surface area contributed by atoms with E-state index in [0.29, 0.717) is 17.8 Å². The molecular formula is C13H15N3O2. The van der Waals surface area contributed by atoms with E-state index in [0.717, 1.165) is 0 Å². The van der Waals surface area contributed by atoms with Crippen LogP contribution in [0.2, 0.25) is 0 Å². The van der Waals surface area contributed by atoms with Crippen molar-refractivity contribution < 1.29 is 9.90 Å². The topological polar surface area (TPSA) is 76.4 Å². The maximum Gasteiger partial charge on any atom is 0.246 e. The van der Waals surface area contributed by atoms with Crippen LogP contribution < -0.4 is 10.2 Å². The number of piperazine rings is 1. The second kappa shape index (κ2) is 5.17. The molecule has 0 aromatic heterocycles. The summed E-state index contributed by atoms with van der Waals surface area (Å²) in [5.74, 6) is -0.196. The fourth-order valence-electron chi connectivity index (χ4n) is 2.17. The molecule has 0 aliphatic carbocycles. The molecule has 1 fully saturated rings. The Morgan fingerprint density at radius 3 is 2.94 bits per heavy atom. The average Bonchev–Trinajstić information content (AvgIpc) is 2.41. The molecule has 1 amide bonds. The lowest BCUT2D eigenvalue weighted by molar-refractivity contribution is -0.123. The van der Waals surface area contributed by atoms with Gasteiger partial charge in [0.2, 0.25) is 5.91 Å². The quantitative estimate of drug-likeness (QED) is 0.782. The van der Waals surface area contributed by atoms with Gasteiger partial charge < -0.3 is 10.0 Å². The van der Waals surface area contributed by atoms with Gasteiger partial charge in [0.1, 0.15) is 12.1 Å². The molecule has 94 valence electrons. The number of benzene rings is 1. The van der Waals surface area contributed by atoms with Gasteiger partial charge in [0.15, 0.2) is 0 Å². The number of para-hydroxylation sites is 1. The SMILES string of the molecule is CC1CN(c2ccccc2C#N)C(=O)C(CO)N1. The zero-order valence-corrected chi connectivity index (χ0v) is 10.1. The van der Waals surface area contributed by atoms with Gasteiger partial charge in [-0.2, -0.15) is 5.26 Å². The van der Waals surface area contributed by atoms with Gasteiger partial charge in [-0.3, -0.25) is 10.1 Å². The molecular weight excluding hydrogens is 230 g/mol. The first-order valence-corrected chi connectivity index (χ1v) is 5.84. The first-order chi connectivity index (χ1) is 8.67. The van der Waals surface area contributed by atoms with Crippen molar-refractivity contribution in [3.05, 3.63) is 29.8 Å². The molecule has 1 aromatic rings. The Labute approximate surface area is 106 Å². The van der Waals surface area contributed by atoms with Crippen LogP contribution in [0.5, 0.6) is 0 Å². The van der Waals surface area contributed by atoms with Crippen molar-refractivity contribution in [1.29, 1.82) is 5.26 Å². The molecule has 1 aliphatic rings. The van der Waals surface area contributed by atoms with Crippen molar-refractivity contribution in [3.63, 3.8) is 0 Å². The summed E-state index contributed by atoms with van der Waals surface area (Å²) < 4.78 is 0. The fraction of sp³-hybridized carbons (Fsp3) is 0.385. The molecule has 2 atom stereocenters. The predicted octanol–water partition coefficient (Wildman–Crippen LogP) is 0.244. The predicted molar refractivity (Wildman–Crippen MR) is 67.0 cm³/mol. The summed E-state index contributed by atoms with van der Waals surface area (Å²) in [5, 5.41) is 21.3. The van der Waals surface area contributed by atoms with E-state index in [1.54, 1.807) is 29.2 Å². The van der Waals surface area contributed by atoms with Gasteiger partial charge in [-0.1, -0.05) is 12.1 Å². The van der Waals surface area contributed by atoms with Gasteiger partial charge in [0.25, 0.3) is 0 Å². The van der Waals surface area contributed by atoms with E-state index >= 15 is 0 Å². The molecule has 2 unspecified atom stereocenters. The monoisotopic (exact) mass is 245 g/mol. The highest BCUT2D eigenvalue weighted by Crippen LogP contribution is 2.22.